The van der Waals surface area contributed by atoms with Crippen molar-refractivity contribution >= 4 is 18.0 Å². The van der Waals surface area contributed by atoms with Crippen LogP contribution in [0.3, 0.4) is 0 Å². The van der Waals surface area contributed by atoms with Crippen LogP contribution in [-0.4, -0.2) is 41.8 Å². The van der Waals surface area contributed by atoms with Gasteiger partial charge in [0.15, 0.2) is 0 Å². The molecule has 7 nitrogen and oxygen atoms in total. The summed E-state index contributed by atoms with van der Waals surface area (Å²) < 4.78 is 5.53. The van der Waals surface area contributed by atoms with Crippen LogP contribution in [0.1, 0.15) is 42.7 Å². The number of ether oxygens (including phenoxy) is 1. The molecule has 0 unspecified atom stereocenters. The first-order valence-electron chi connectivity index (χ1n) is 11.1. The molecule has 32 heavy (non-hydrogen) atoms. The van der Waals surface area contributed by atoms with E-state index >= 15 is 0 Å². The van der Waals surface area contributed by atoms with Crippen molar-refractivity contribution in [1.29, 1.82) is 0 Å². The second kappa shape index (κ2) is 7.97. The van der Waals surface area contributed by atoms with E-state index in [1.165, 1.54) is 11.1 Å². The van der Waals surface area contributed by atoms with Crippen LogP contribution in [0.4, 0.5) is 4.79 Å². The first-order valence-corrected chi connectivity index (χ1v) is 11.1. The summed E-state index contributed by atoms with van der Waals surface area (Å²) >= 11 is 0. The van der Waals surface area contributed by atoms with E-state index in [1.807, 2.05) is 24.3 Å². The molecule has 0 spiro atoms. The zero-order chi connectivity index (χ0) is 22.3. The number of benzene rings is 2. The molecule has 2 fully saturated rings. The molecule has 3 aliphatic rings. The predicted molar refractivity (Wildman–Crippen MR) is 117 cm³/mol. The molecule has 3 aliphatic carbocycles. The maximum Gasteiger partial charge on any atom is 0.407 e. The third kappa shape index (κ3) is 4.07. The lowest BCUT2D eigenvalue weighted by molar-refractivity contribution is -0.138. The summed E-state index contributed by atoms with van der Waals surface area (Å²) in [4.78, 5) is 35.6. The summed E-state index contributed by atoms with van der Waals surface area (Å²) in [5.74, 6) is -1.10. The number of carboxylic acids is 1. The van der Waals surface area contributed by atoms with Crippen molar-refractivity contribution in [2.24, 2.45) is 11.8 Å². The van der Waals surface area contributed by atoms with Crippen LogP contribution >= 0.6 is 0 Å². The van der Waals surface area contributed by atoms with Crippen molar-refractivity contribution in [3.05, 3.63) is 59.7 Å². The zero-order valence-electron chi connectivity index (χ0n) is 17.7. The van der Waals surface area contributed by atoms with Crippen LogP contribution in [0.25, 0.3) is 11.1 Å². The Morgan fingerprint density at radius 3 is 2.22 bits per heavy atom. The minimum atomic E-state index is -0.896. The second-order valence-corrected chi connectivity index (χ2v) is 9.15. The van der Waals surface area contributed by atoms with Crippen molar-refractivity contribution in [3.63, 3.8) is 0 Å². The lowest BCUT2D eigenvalue weighted by atomic mass is 9.98. The summed E-state index contributed by atoms with van der Waals surface area (Å²) in [7, 11) is 0. The van der Waals surface area contributed by atoms with Gasteiger partial charge < -0.3 is 20.5 Å². The minimum absolute atomic E-state index is 0.0107. The van der Waals surface area contributed by atoms with Gasteiger partial charge in [-0.3, -0.25) is 9.59 Å². The highest BCUT2D eigenvalue weighted by Gasteiger charge is 2.50. The average molecular weight is 434 g/mol. The van der Waals surface area contributed by atoms with Gasteiger partial charge in [0, 0.05) is 18.4 Å². The molecule has 0 bridgehead atoms. The summed E-state index contributed by atoms with van der Waals surface area (Å²) in [6.07, 6.45) is 1.59. The fraction of sp³-hybridized carbons (Fsp3) is 0.400. The van der Waals surface area contributed by atoms with E-state index < -0.39 is 17.6 Å². The minimum Gasteiger partial charge on any atom is -0.481 e. The van der Waals surface area contributed by atoms with E-state index in [4.69, 9.17) is 9.84 Å². The molecule has 2 amide bonds. The van der Waals surface area contributed by atoms with Gasteiger partial charge in [-0.2, -0.15) is 0 Å². The highest BCUT2D eigenvalue weighted by molar-refractivity contribution is 5.84. The van der Waals surface area contributed by atoms with E-state index in [0.29, 0.717) is 25.8 Å². The molecule has 0 radical (unpaired) electrons. The van der Waals surface area contributed by atoms with Gasteiger partial charge in [-0.05, 0) is 47.4 Å². The Bertz CT molecular complexity index is 1030. The van der Waals surface area contributed by atoms with Gasteiger partial charge in [-0.15, -0.1) is 0 Å². The monoisotopic (exact) mass is 434 g/mol. The van der Waals surface area contributed by atoms with Gasteiger partial charge >= 0.3 is 12.1 Å². The van der Waals surface area contributed by atoms with Gasteiger partial charge in [0.2, 0.25) is 5.91 Å². The van der Waals surface area contributed by atoms with E-state index in [9.17, 15) is 14.4 Å². The zero-order valence-corrected chi connectivity index (χ0v) is 17.7. The smallest absolute Gasteiger partial charge is 0.407 e. The molecular weight excluding hydrogens is 408 g/mol. The Balaban J connectivity index is 1.09. The number of amides is 2. The molecule has 3 N–H and O–H groups in total. The van der Waals surface area contributed by atoms with Crippen molar-refractivity contribution in [1.82, 2.24) is 10.6 Å². The molecule has 0 saturated heterocycles. The van der Waals surface area contributed by atoms with Gasteiger partial charge in [0.25, 0.3) is 0 Å². The summed E-state index contributed by atoms with van der Waals surface area (Å²) in [6, 6.07) is 16.4. The number of carboxylic acid groups (broad SMARTS) is 1. The Kier molecular flexibility index (Phi) is 5.12. The standard InChI is InChI=1S/C25H26N2O5/c28-22(29)12-25(9-10-25)27-23(30)20-11-15(20)13-26-24(31)32-14-21-18-7-3-1-5-16(18)17-6-2-4-8-19(17)21/h1-8,15,20-21H,9-14H2,(H,26,31)(H,27,30)(H,28,29)/t15-,20-/m0/s1. The van der Waals surface area contributed by atoms with E-state index in [-0.39, 0.29) is 36.7 Å². The molecular formula is C25H26N2O5. The summed E-state index contributed by atoms with van der Waals surface area (Å²) in [5, 5.41) is 14.7. The molecule has 166 valence electrons. The number of fused-ring (bicyclic) bond motifs is 3. The number of rotatable bonds is 8. The van der Waals surface area contributed by atoms with Crippen LogP contribution < -0.4 is 10.6 Å². The molecule has 2 saturated carbocycles. The number of hydrogen-bond acceptors (Lipinski definition) is 4. The Hall–Kier alpha value is -3.35. The van der Waals surface area contributed by atoms with Crippen LogP contribution in [0, 0.1) is 11.8 Å². The van der Waals surface area contributed by atoms with E-state index in [2.05, 4.69) is 34.9 Å². The number of nitrogens with one attached hydrogen (secondary N) is 2. The largest absolute Gasteiger partial charge is 0.481 e. The lowest BCUT2D eigenvalue weighted by Gasteiger charge is -2.15. The molecule has 5 rings (SSSR count). The van der Waals surface area contributed by atoms with Crippen molar-refractivity contribution in [2.45, 2.75) is 37.1 Å². The number of carbonyl (C=O) groups is 3. The molecule has 0 aromatic heterocycles. The highest BCUT2D eigenvalue weighted by atomic mass is 16.5. The normalized spacial score (nSPS) is 21.8. The van der Waals surface area contributed by atoms with Gasteiger partial charge in [-0.1, -0.05) is 48.5 Å². The summed E-state index contributed by atoms with van der Waals surface area (Å²) in [6.45, 7) is 0.632. The quantitative estimate of drug-likeness (QED) is 0.591. The molecule has 2 atom stereocenters. The molecule has 2 aromatic carbocycles. The SMILES string of the molecule is O=C(O)CC1(NC(=O)[C@H]2C[C@H]2CNC(=O)OCC2c3ccccc3-c3ccccc32)CC1. The maximum absolute atomic E-state index is 12.4. The number of aliphatic carboxylic acids is 1. The second-order valence-electron chi connectivity index (χ2n) is 9.15. The predicted octanol–water partition coefficient (Wildman–Crippen LogP) is 3.28. The fourth-order valence-corrected chi connectivity index (χ4v) is 4.80. The van der Waals surface area contributed by atoms with Crippen molar-refractivity contribution in [3.8, 4) is 11.1 Å². The molecule has 7 heteroatoms. The van der Waals surface area contributed by atoms with Crippen molar-refractivity contribution in [2.75, 3.05) is 13.2 Å². The third-order valence-electron chi connectivity index (χ3n) is 6.84. The van der Waals surface area contributed by atoms with Crippen LogP contribution in [-0.2, 0) is 14.3 Å². The topological polar surface area (TPSA) is 105 Å². The Morgan fingerprint density at radius 1 is 1.00 bits per heavy atom. The molecule has 0 heterocycles. The first kappa shape index (κ1) is 20.5. The third-order valence-corrected chi connectivity index (χ3v) is 6.84. The van der Waals surface area contributed by atoms with Crippen molar-refractivity contribution < 1.29 is 24.2 Å². The Morgan fingerprint density at radius 2 is 1.62 bits per heavy atom. The summed E-state index contributed by atoms with van der Waals surface area (Å²) in [5.41, 5.74) is 4.13. The van der Waals surface area contributed by atoms with Crippen LogP contribution in [0.15, 0.2) is 48.5 Å². The Labute approximate surface area is 186 Å². The molecule has 2 aromatic rings. The van der Waals surface area contributed by atoms with Gasteiger partial charge in [0.1, 0.15) is 6.61 Å². The molecule has 0 aliphatic heterocycles. The van der Waals surface area contributed by atoms with Crippen LogP contribution in [0.2, 0.25) is 0 Å². The average Bonchev–Trinajstić information content (AvgIpc) is 3.69. The fourth-order valence-electron chi connectivity index (χ4n) is 4.80. The lowest BCUT2D eigenvalue weighted by Crippen LogP contribution is -2.40. The van der Waals surface area contributed by atoms with E-state index in [1.54, 1.807) is 0 Å². The first-order chi connectivity index (χ1) is 15.5. The van der Waals surface area contributed by atoms with Gasteiger partial charge in [-0.25, -0.2) is 4.79 Å². The highest BCUT2D eigenvalue weighted by Crippen LogP contribution is 2.45. The number of alkyl carbamates (subject to hydrolysis) is 1. The number of carbonyl (C=O) groups excluding carboxylic acids is 2. The number of hydrogen-bond donors (Lipinski definition) is 3. The van der Waals surface area contributed by atoms with Crippen LogP contribution in [0.5, 0.6) is 0 Å². The van der Waals surface area contributed by atoms with Gasteiger partial charge in [0.05, 0.1) is 12.0 Å². The maximum atomic E-state index is 12.4. The van der Waals surface area contributed by atoms with E-state index in [0.717, 1.165) is 11.1 Å².